The number of fused-ring (bicyclic) bond motifs is 1. The van der Waals surface area contributed by atoms with Crippen molar-refractivity contribution < 1.29 is 35.9 Å². The lowest BCUT2D eigenvalue weighted by atomic mass is 9.94. The van der Waals surface area contributed by atoms with Gasteiger partial charge in [-0.3, -0.25) is 9.48 Å². The molecule has 0 radical (unpaired) electrons. The molecule has 1 aromatic heterocycles. The summed E-state index contributed by atoms with van der Waals surface area (Å²) in [5, 5.41) is 5.06. The van der Waals surface area contributed by atoms with E-state index in [1.165, 1.54) is 30.7 Å². The highest BCUT2D eigenvalue weighted by Gasteiger charge is 2.36. The zero-order valence-electron chi connectivity index (χ0n) is 16.5. The third-order valence-corrected chi connectivity index (χ3v) is 4.61. The Balaban J connectivity index is 1.94. The molecule has 166 valence electrons. The number of carbonyl (C=O) groups excluding carboxylic acids is 1. The van der Waals surface area contributed by atoms with Gasteiger partial charge in [0.1, 0.15) is 5.69 Å². The normalized spacial score (nSPS) is 12.9. The Kier molecular flexibility index (Phi) is 5.77. The highest BCUT2D eigenvalue weighted by molar-refractivity contribution is 5.93. The highest BCUT2D eigenvalue weighted by Crippen LogP contribution is 2.34. The van der Waals surface area contributed by atoms with E-state index in [9.17, 15) is 31.1 Å². The lowest BCUT2D eigenvalue weighted by molar-refractivity contribution is -0.193. The van der Waals surface area contributed by atoms with E-state index < -0.39 is 35.9 Å². The summed E-state index contributed by atoms with van der Waals surface area (Å²) < 4.78 is 81.5. The Hall–Kier alpha value is -3.04. The Bertz CT molecular complexity index is 1080. The van der Waals surface area contributed by atoms with E-state index in [1.54, 1.807) is 24.3 Å². The van der Waals surface area contributed by atoms with Gasteiger partial charge in [-0.25, -0.2) is 0 Å². The van der Waals surface area contributed by atoms with Crippen LogP contribution in [0.1, 0.15) is 19.4 Å². The number of ether oxygens (including phenoxy) is 1. The lowest BCUT2D eigenvalue weighted by Gasteiger charge is -2.23. The zero-order valence-corrected chi connectivity index (χ0v) is 16.5. The van der Waals surface area contributed by atoms with Crippen LogP contribution in [0.2, 0.25) is 0 Å². The summed E-state index contributed by atoms with van der Waals surface area (Å²) in [4.78, 5) is 12.2. The number of rotatable bonds is 5. The molecule has 0 unspecified atom stereocenters. The topological polar surface area (TPSA) is 44.1 Å². The summed E-state index contributed by atoms with van der Waals surface area (Å²) in [5.41, 5.74) is -0.732. The fourth-order valence-corrected chi connectivity index (χ4v) is 3.06. The molecule has 1 heterocycles. The summed E-state index contributed by atoms with van der Waals surface area (Å²) >= 11 is 0. The standard InChI is InChI=1S/C21H18F6N2O2/c1-19(2,18(30)31-12-20(22,23)24)11-29-16-6-4-3-5-15(16)17(28-29)13-7-9-14(10-8-13)21(25,26)27/h3-10H,11-12H2,1-2H3. The molecule has 0 N–H and O–H groups in total. The Morgan fingerprint density at radius 1 is 0.968 bits per heavy atom. The van der Waals surface area contributed by atoms with Crippen LogP contribution in [0.25, 0.3) is 22.2 Å². The third-order valence-electron chi connectivity index (χ3n) is 4.61. The van der Waals surface area contributed by atoms with Crippen LogP contribution in [0.3, 0.4) is 0 Å². The second kappa shape index (κ2) is 7.90. The molecule has 3 aromatic rings. The molecule has 0 saturated heterocycles. The van der Waals surface area contributed by atoms with E-state index in [2.05, 4.69) is 9.84 Å². The van der Waals surface area contributed by atoms with Gasteiger partial charge in [0.25, 0.3) is 0 Å². The number of halogens is 6. The second-order valence-corrected chi connectivity index (χ2v) is 7.67. The van der Waals surface area contributed by atoms with Crippen LogP contribution in [-0.2, 0) is 22.3 Å². The number of esters is 1. The predicted molar refractivity (Wildman–Crippen MR) is 101 cm³/mol. The van der Waals surface area contributed by atoms with Crippen molar-refractivity contribution in [2.24, 2.45) is 5.41 Å². The van der Waals surface area contributed by atoms with E-state index in [0.717, 1.165) is 12.1 Å². The highest BCUT2D eigenvalue weighted by atomic mass is 19.4. The van der Waals surface area contributed by atoms with Crippen LogP contribution < -0.4 is 0 Å². The first kappa shape index (κ1) is 22.6. The molecule has 31 heavy (non-hydrogen) atoms. The van der Waals surface area contributed by atoms with Crippen molar-refractivity contribution in [3.63, 3.8) is 0 Å². The number of benzene rings is 2. The van der Waals surface area contributed by atoms with E-state index in [0.29, 0.717) is 22.2 Å². The number of nitrogens with zero attached hydrogens (tertiary/aromatic N) is 2. The fraction of sp³-hybridized carbons (Fsp3) is 0.333. The molecular weight excluding hydrogens is 426 g/mol. The van der Waals surface area contributed by atoms with Gasteiger partial charge in [-0.2, -0.15) is 31.4 Å². The number of alkyl halides is 6. The minimum absolute atomic E-state index is 0.0924. The predicted octanol–water partition coefficient (Wildman–Crippen LogP) is 5.85. The van der Waals surface area contributed by atoms with Gasteiger partial charge in [-0.05, 0) is 32.0 Å². The largest absolute Gasteiger partial charge is 0.456 e. The molecule has 0 bridgehead atoms. The fourth-order valence-electron chi connectivity index (χ4n) is 3.06. The average Bonchev–Trinajstić information content (AvgIpc) is 3.03. The monoisotopic (exact) mass is 444 g/mol. The third kappa shape index (κ3) is 5.18. The minimum atomic E-state index is -4.64. The number of hydrogen-bond acceptors (Lipinski definition) is 3. The second-order valence-electron chi connectivity index (χ2n) is 7.67. The van der Waals surface area contributed by atoms with Gasteiger partial charge in [0.15, 0.2) is 6.61 Å². The number of para-hydroxylation sites is 1. The zero-order chi connectivity index (χ0) is 23.0. The van der Waals surface area contributed by atoms with E-state index in [-0.39, 0.29) is 6.54 Å². The Morgan fingerprint density at radius 2 is 1.58 bits per heavy atom. The maximum Gasteiger partial charge on any atom is 0.422 e. The van der Waals surface area contributed by atoms with Crippen LogP contribution in [0.15, 0.2) is 48.5 Å². The maximum atomic E-state index is 12.8. The first-order valence-corrected chi connectivity index (χ1v) is 9.15. The van der Waals surface area contributed by atoms with Crippen LogP contribution in [0.5, 0.6) is 0 Å². The van der Waals surface area contributed by atoms with Crippen LogP contribution in [-0.4, -0.2) is 28.5 Å². The molecule has 10 heteroatoms. The molecule has 2 aromatic carbocycles. The van der Waals surface area contributed by atoms with Crippen molar-refractivity contribution in [1.29, 1.82) is 0 Å². The van der Waals surface area contributed by atoms with E-state index in [1.807, 2.05) is 0 Å². The van der Waals surface area contributed by atoms with E-state index in [4.69, 9.17) is 0 Å². The van der Waals surface area contributed by atoms with E-state index >= 15 is 0 Å². The molecular formula is C21H18F6N2O2. The quantitative estimate of drug-likeness (QED) is 0.366. The molecule has 0 aliphatic heterocycles. The number of aromatic nitrogens is 2. The van der Waals surface area contributed by atoms with Gasteiger partial charge in [0, 0.05) is 10.9 Å². The van der Waals surface area contributed by atoms with Crippen molar-refractivity contribution in [3.8, 4) is 11.3 Å². The SMILES string of the molecule is CC(C)(Cn1nc(-c2ccc(C(F)(F)F)cc2)c2ccccc21)C(=O)OCC(F)(F)F. The van der Waals surface area contributed by atoms with Crippen molar-refractivity contribution in [1.82, 2.24) is 9.78 Å². The Morgan fingerprint density at radius 3 is 2.16 bits per heavy atom. The van der Waals surface area contributed by atoms with Crippen LogP contribution in [0.4, 0.5) is 26.3 Å². The maximum absolute atomic E-state index is 12.8. The van der Waals surface area contributed by atoms with Gasteiger partial charge in [0.2, 0.25) is 0 Å². The average molecular weight is 444 g/mol. The molecule has 0 aliphatic carbocycles. The molecule has 0 amide bonds. The lowest BCUT2D eigenvalue weighted by Crippen LogP contribution is -2.34. The molecule has 0 spiro atoms. The molecule has 0 saturated carbocycles. The molecule has 0 atom stereocenters. The van der Waals surface area contributed by atoms with Gasteiger partial charge >= 0.3 is 18.3 Å². The summed E-state index contributed by atoms with van der Waals surface area (Å²) in [6, 6.07) is 11.4. The van der Waals surface area contributed by atoms with Gasteiger partial charge in [0.05, 0.1) is 23.0 Å². The first-order valence-electron chi connectivity index (χ1n) is 9.15. The van der Waals surface area contributed by atoms with Crippen LogP contribution >= 0.6 is 0 Å². The van der Waals surface area contributed by atoms with Crippen molar-refractivity contribution in [2.75, 3.05) is 6.61 Å². The van der Waals surface area contributed by atoms with Gasteiger partial charge in [-0.1, -0.05) is 30.3 Å². The molecule has 0 fully saturated rings. The smallest absolute Gasteiger partial charge is 0.422 e. The summed E-state index contributed by atoms with van der Waals surface area (Å²) in [6.07, 6.45) is -9.11. The van der Waals surface area contributed by atoms with Gasteiger partial charge in [-0.15, -0.1) is 0 Å². The summed E-state index contributed by atoms with van der Waals surface area (Å²) in [6.45, 7) is 1.08. The molecule has 4 nitrogen and oxygen atoms in total. The number of hydrogen-bond donors (Lipinski definition) is 0. The minimum Gasteiger partial charge on any atom is -0.456 e. The van der Waals surface area contributed by atoms with Crippen molar-refractivity contribution in [2.45, 2.75) is 32.7 Å². The summed E-state index contributed by atoms with van der Waals surface area (Å²) in [7, 11) is 0. The first-order chi connectivity index (χ1) is 14.3. The molecule has 0 aliphatic rings. The van der Waals surface area contributed by atoms with Crippen molar-refractivity contribution in [3.05, 3.63) is 54.1 Å². The van der Waals surface area contributed by atoms with Gasteiger partial charge < -0.3 is 4.74 Å². The summed E-state index contributed by atoms with van der Waals surface area (Å²) in [5.74, 6) is -1.04. The van der Waals surface area contributed by atoms with Crippen LogP contribution in [0, 0.1) is 5.41 Å². The Labute approximate surface area is 173 Å². The number of carbonyl (C=O) groups is 1. The van der Waals surface area contributed by atoms with Crippen molar-refractivity contribution >= 4 is 16.9 Å². The molecule has 3 rings (SSSR count).